The van der Waals surface area contributed by atoms with E-state index in [1.165, 1.54) is 0 Å². The minimum absolute atomic E-state index is 0.0869. The monoisotopic (exact) mass is 327 g/mol. The molecular weight excluding hydrogens is 310 g/mol. The Bertz CT molecular complexity index is 976. The van der Waals surface area contributed by atoms with Crippen molar-refractivity contribution in [1.29, 1.82) is 0 Å². The summed E-state index contributed by atoms with van der Waals surface area (Å²) in [6.07, 6.45) is 0. The summed E-state index contributed by atoms with van der Waals surface area (Å²) >= 11 is 0. The van der Waals surface area contributed by atoms with Gasteiger partial charge in [0.25, 0.3) is 0 Å². The molecule has 3 heteroatoms. The van der Waals surface area contributed by atoms with Gasteiger partial charge in [-0.1, -0.05) is 54.6 Å². The van der Waals surface area contributed by atoms with E-state index in [9.17, 15) is 9.59 Å². The molecule has 0 unspecified atom stereocenters. The second-order valence-electron chi connectivity index (χ2n) is 5.98. The molecule has 0 atom stereocenters. The molecule has 0 heterocycles. The number of rotatable bonds is 3. The average molecular weight is 327 g/mol. The maximum absolute atomic E-state index is 13.1. The minimum Gasteiger partial charge on any atom is -0.341 e. The third-order valence-corrected chi connectivity index (χ3v) is 4.61. The summed E-state index contributed by atoms with van der Waals surface area (Å²) in [5, 5.41) is 0. The van der Waals surface area contributed by atoms with Crippen LogP contribution in [0.5, 0.6) is 0 Å². The fourth-order valence-electron chi connectivity index (χ4n) is 3.45. The van der Waals surface area contributed by atoms with Gasteiger partial charge in [-0.3, -0.25) is 9.59 Å². The van der Waals surface area contributed by atoms with Crippen molar-refractivity contribution in [3.8, 4) is 0 Å². The van der Waals surface area contributed by atoms with Crippen molar-refractivity contribution in [2.45, 2.75) is 6.92 Å². The summed E-state index contributed by atoms with van der Waals surface area (Å²) in [5.74, 6) is -0.175. The highest BCUT2D eigenvalue weighted by atomic mass is 16.1. The molecular formula is C22H17NO2. The summed E-state index contributed by atoms with van der Waals surface area (Å²) in [7, 11) is 0. The molecule has 0 saturated heterocycles. The van der Waals surface area contributed by atoms with E-state index in [1.807, 2.05) is 49.4 Å². The zero-order valence-corrected chi connectivity index (χ0v) is 13.9. The van der Waals surface area contributed by atoms with Crippen molar-refractivity contribution in [2.75, 3.05) is 11.4 Å². The van der Waals surface area contributed by atoms with E-state index in [1.54, 1.807) is 30.3 Å². The Morgan fingerprint density at radius 3 is 1.96 bits per heavy atom. The third kappa shape index (κ3) is 2.36. The quantitative estimate of drug-likeness (QED) is 0.551. The van der Waals surface area contributed by atoms with Crippen LogP contribution in [-0.4, -0.2) is 18.1 Å². The molecule has 25 heavy (non-hydrogen) atoms. The molecule has 3 aromatic rings. The van der Waals surface area contributed by atoms with Crippen molar-refractivity contribution in [3.05, 3.63) is 95.1 Å². The summed E-state index contributed by atoms with van der Waals surface area (Å²) in [5.41, 5.74) is 3.72. The number of hydrogen-bond donors (Lipinski definition) is 0. The van der Waals surface area contributed by atoms with E-state index in [2.05, 4.69) is 4.90 Å². The molecule has 4 rings (SSSR count). The summed E-state index contributed by atoms with van der Waals surface area (Å²) in [4.78, 5) is 28.1. The van der Waals surface area contributed by atoms with Crippen LogP contribution in [0, 0.1) is 0 Å². The predicted molar refractivity (Wildman–Crippen MR) is 98.9 cm³/mol. The van der Waals surface area contributed by atoms with E-state index in [0.717, 1.165) is 11.4 Å². The van der Waals surface area contributed by atoms with Crippen LogP contribution in [0.1, 0.15) is 38.8 Å². The van der Waals surface area contributed by atoms with Gasteiger partial charge < -0.3 is 4.90 Å². The van der Waals surface area contributed by atoms with Crippen molar-refractivity contribution in [2.24, 2.45) is 0 Å². The fourth-order valence-corrected chi connectivity index (χ4v) is 3.45. The van der Waals surface area contributed by atoms with Gasteiger partial charge in [0.05, 0.1) is 11.3 Å². The smallest absolute Gasteiger partial charge is 0.196 e. The maximum atomic E-state index is 13.1. The molecule has 0 aliphatic heterocycles. The molecule has 0 fully saturated rings. The maximum Gasteiger partial charge on any atom is 0.196 e. The van der Waals surface area contributed by atoms with Crippen molar-refractivity contribution in [3.63, 3.8) is 0 Å². The van der Waals surface area contributed by atoms with Crippen LogP contribution in [0.2, 0.25) is 0 Å². The number of hydrogen-bond acceptors (Lipinski definition) is 3. The van der Waals surface area contributed by atoms with E-state index in [0.29, 0.717) is 28.8 Å². The first-order valence-electron chi connectivity index (χ1n) is 8.36. The number of nitrogens with zero attached hydrogens (tertiary/aromatic N) is 1. The van der Waals surface area contributed by atoms with Crippen molar-refractivity contribution >= 4 is 22.9 Å². The molecule has 0 amide bonds. The molecule has 0 N–H and O–H groups in total. The molecule has 122 valence electrons. The second kappa shape index (κ2) is 6.02. The summed E-state index contributed by atoms with van der Waals surface area (Å²) in [6.45, 7) is 2.74. The third-order valence-electron chi connectivity index (χ3n) is 4.61. The van der Waals surface area contributed by atoms with Gasteiger partial charge in [0, 0.05) is 28.9 Å². The lowest BCUT2D eigenvalue weighted by Gasteiger charge is -2.28. The van der Waals surface area contributed by atoms with E-state index in [-0.39, 0.29) is 11.6 Å². The van der Waals surface area contributed by atoms with Crippen molar-refractivity contribution < 1.29 is 9.59 Å². The standard InChI is InChI=1S/C22H17NO2/c1-2-23(15-9-4-3-5-10-15)19-14-8-13-18-20(19)22(25)17-12-7-6-11-16(17)21(18)24/h3-14H,2H2,1H3. The van der Waals surface area contributed by atoms with Crippen LogP contribution in [-0.2, 0) is 0 Å². The SMILES string of the molecule is CCN(c1ccccc1)c1cccc2c1C(=O)c1ccccc1C2=O. The Hall–Kier alpha value is -3.20. The molecule has 0 saturated carbocycles. The predicted octanol–water partition coefficient (Wildman–Crippen LogP) is 4.62. The van der Waals surface area contributed by atoms with Crippen molar-refractivity contribution in [1.82, 2.24) is 0 Å². The van der Waals surface area contributed by atoms with Gasteiger partial charge in [0.15, 0.2) is 11.6 Å². The largest absolute Gasteiger partial charge is 0.341 e. The van der Waals surface area contributed by atoms with Gasteiger partial charge in [-0.05, 0) is 25.1 Å². The first-order chi connectivity index (χ1) is 12.2. The fraction of sp³-hybridized carbons (Fsp3) is 0.0909. The first-order valence-corrected chi connectivity index (χ1v) is 8.36. The Kier molecular flexibility index (Phi) is 3.69. The number of ketones is 2. The number of para-hydroxylation sites is 1. The number of carbonyl (C=O) groups is 2. The average Bonchev–Trinajstić information content (AvgIpc) is 2.67. The normalized spacial score (nSPS) is 12.5. The number of fused-ring (bicyclic) bond motifs is 2. The van der Waals surface area contributed by atoms with Gasteiger partial charge in [0.1, 0.15) is 0 Å². The van der Waals surface area contributed by atoms with Gasteiger partial charge in [0.2, 0.25) is 0 Å². The number of carbonyl (C=O) groups excluding carboxylic acids is 2. The Morgan fingerprint density at radius 2 is 1.28 bits per heavy atom. The lowest BCUT2D eigenvalue weighted by molar-refractivity contribution is 0.0979. The van der Waals surface area contributed by atoms with Gasteiger partial charge in [-0.2, -0.15) is 0 Å². The summed E-state index contributed by atoms with van der Waals surface area (Å²) < 4.78 is 0. The first kappa shape index (κ1) is 15.3. The molecule has 3 aromatic carbocycles. The molecule has 1 aliphatic rings. The zero-order chi connectivity index (χ0) is 17.4. The van der Waals surface area contributed by atoms with Crippen LogP contribution in [0.3, 0.4) is 0 Å². The Balaban J connectivity index is 1.93. The highest BCUT2D eigenvalue weighted by Gasteiger charge is 2.32. The van der Waals surface area contributed by atoms with Gasteiger partial charge in [-0.15, -0.1) is 0 Å². The van der Waals surface area contributed by atoms with E-state index < -0.39 is 0 Å². The van der Waals surface area contributed by atoms with Crippen LogP contribution in [0.25, 0.3) is 0 Å². The van der Waals surface area contributed by atoms with Gasteiger partial charge >= 0.3 is 0 Å². The Labute approximate surface area is 146 Å². The van der Waals surface area contributed by atoms with Crippen LogP contribution < -0.4 is 4.90 Å². The number of anilines is 2. The van der Waals surface area contributed by atoms with E-state index in [4.69, 9.17) is 0 Å². The van der Waals surface area contributed by atoms with Crippen LogP contribution >= 0.6 is 0 Å². The topological polar surface area (TPSA) is 37.4 Å². The zero-order valence-electron chi connectivity index (χ0n) is 13.9. The molecule has 0 radical (unpaired) electrons. The molecule has 3 nitrogen and oxygen atoms in total. The van der Waals surface area contributed by atoms with Crippen LogP contribution in [0.4, 0.5) is 11.4 Å². The molecule has 0 aromatic heterocycles. The van der Waals surface area contributed by atoms with Gasteiger partial charge in [-0.25, -0.2) is 0 Å². The second-order valence-corrected chi connectivity index (χ2v) is 5.98. The molecule has 1 aliphatic carbocycles. The number of benzene rings is 3. The highest BCUT2D eigenvalue weighted by Crippen LogP contribution is 2.36. The molecule has 0 spiro atoms. The minimum atomic E-state index is -0.0878. The summed E-state index contributed by atoms with van der Waals surface area (Å²) in [6, 6.07) is 22.5. The lowest BCUT2D eigenvalue weighted by Crippen LogP contribution is -2.26. The lowest BCUT2D eigenvalue weighted by atomic mass is 9.83. The van der Waals surface area contributed by atoms with Crippen LogP contribution in [0.15, 0.2) is 72.8 Å². The van der Waals surface area contributed by atoms with E-state index >= 15 is 0 Å². The molecule has 0 bridgehead atoms. The Morgan fingerprint density at radius 1 is 0.680 bits per heavy atom. The highest BCUT2D eigenvalue weighted by molar-refractivity contribution is 6.30.